The topological polar surface area (TPSA) is 29.1 Å². The Balaban J connectivity index is 2.19. The maximum absolute atomic E-state index is 11.4. The van der Waals surface area contributed by atoms with E-state index in [0.29, 0.717) is 11.5 Å². The molecule has 86 valence electrons. The number of halogens is 1. The molecule has 0 heterocycles. The van der Waals surface area contributed by atoms with E-state index in [-0.39, 0.29) is 17.2 Å². The Morgan fingerprint density at radius 2 is 2.13 bits per heavy atom. The summed E-state index contributed by atoms with van der Waals surface area (Å²) in [5.74, 6) is 0.819. The van der Waals surface area contributed by atoms with Crippen molar-refractivity contribution in [2.75, 3.05) is 5.88 Å². The number of hydrogen-bond acceptors (Lipinski definition) is 1. The summed E-state index contributed by atoms with van der Waals surface area (Å²) in [5, 5.41) is 3.12. The molecule has 1 amide bonds. The first-order valence-electron chi connectivity index (χ1n) is 5.75. The van der Waals surface area contributed by atoms with Crippen molar-refractivity contribution in [3.63, 3.8) is 0 Å². The van der Waals surface area contributed by atoms with E-state index in [1.165, 1.54) is 19.3 Å². The van der Waals surface area contributed by atoms with E-state index in [1.54, 1.807) is 0 Å². The largest absolute Gasteiger partial charge is 0.351 e. The normalized spacial score (nSPS) is 41.9. The van der Waals surface area contributed by atoms with Crippen LogP contribution in [0.25, 0.3) is 0 Å². The van der Waals surface area contributed by atoms with Crippen LogP contribution in [0.5, 0.6) is 0 Å². The first-order valence-corrected chi connectivity index (χ1v) is 6.29. The summed E-state index contributed by atoms with van der Waals surface area (Å²) in [6.07, 6.45) is 3.82. The number of alkyl halides is 1. The van der Waals surface area contributed by atoms with Gasteiger partial charge in [-0.05, 0) is 36.0 Å². The third-order valence-corrected chi connectivity index (χ3v) is 4.94. The van der Waals surface area contributed by atoms with Crippen LogP contribution in [0.2, 0.25) is 0 Å². The first-order chi connectivity index (χ1) is 6.90. The van der Waals surface area contributed by atoms with Crippen LogP contribution in [0.15, 0.2) is 0 Å². The van der Waals surface area contributed by atoms with Crippen molar-refractivity contribution in [3.8, 4) is 0 Å². The molecule has 2 aliphatic rings. The average Bonchev–Trinajstić information content (AvgIpc) is 2.63. The number of fused-ring (bicyclic) bond motifs is 2. The molecule has 2 nitrogen and oxygen atoms in total. The lowest BCUT2D eigenvalue weighted by Crippen LogP contribution is -2.52. The molecule has 1 N–H and O–H groups in total. The zero-order chi connectivity index (χ0) is 11.3. The molecule has 2 bridgehead atoms. The highest BCUT2D eigenvalue weighted by atomic mass is 35.5. The summed E-state index contributed by atoms with van der Waals surface area (Å²) in [6, 6.07) is 0.301. The molecule has 0 saturated heterocycles. The summed E-state index contributed by atoms with van der Waals surface area (Å²) >= 11 is 5.56. The fourth-order valence-electron chi connectivity index (χ4n) is 3.86. The molecule has 2 saturated carbocycles. The molecule has 3 unspecified atom stereocenters. The fourth-order valence-corrected chi connectivity index (χ4v) is 3.94. The number of amides is 1. The Hall–Kier alpha value is -0.240. The van der Waals surface area contributed by atoms with Crippen LogP contribution in [-0.2, 0) is 4.79 Å². The second-order valence-electron chi connectivity index (χ2n) is 6.05. The quantitative estimate of drug-likeness (QED) is 0.725. The standard InChI is InChI=1S/C12H20ClNO/c1-11(2)8-4-5-12(3,6-8)10(11)14-9(15)7-13/h8,10H,4-7H2,1-3H3,(H,14,15). The lowest BCUT2D eigenvalue weighted by molar-refractivity contribution is -0.121. The van der Waals surface area contributed by atoms with Crippen LogP contribution in [0.3, 0.4) is 0 Å². The maximum Gasteiger partial charge on any atom is 0.235 e. The molecule has 2 fully saturated rings. The molecule has 0 aromatic carbocycles. The number of nitrogens with one attached hydrogen (secondary N) is 1. The first kappa shape index (κ1) is 11.3. The van der Waals surface area contributed by atoms with Gasteiger partial charge in [-0.25, -0.2) is 0 Å². The average molecular weight is 230 g/mol. The molecule has 0 radical (unpaired) electrons. The Bertz CT molecular complexity index is 285. The lowest BCUT2D eigenvalue weighted by Gasteiger charge is -2.43. The minimum Gasteiger partial charge on any atom is -0.351 e. The van der Waals surface area contributed by atoms with E-state index >= 15 is 0 Å². The van der Waals surface area contributed by atoms with E-state index in [9.17, 15) is 4.79 Å². The summed E-state index contributed by atoms with van der Waals surface area (Å²) in [5.41, 5.74) is 0.532. The van der Waals surface area contributed by atoms with Gasteiger partial charge >= 0.3 is 0 Å². The maximum atomic E-state index is 11.4. The van der Waals surface area contributed by atoms with Gasteiger partial charge in [0.15, 0.2) is 0 Å². The Morgan fingerprint density at radius 1 is 1.47 bits per heavy atom. The van der Waals surface area contributed by atoms with Crippen molar-refractivity contribution in [2.24, 2.45) is 16.7 Å². The highest BCUT2D eigenvalue weighted by molar-refractivity contribution is 6.27. The van der Waals surface area contributed by atoms with Crippen LogP contribution in [0.4, 0.5) is 0 Å². The van der Waals surface area contributed by atoms with Crippen molar-refractivity contribution in [2.45, 2.75) is 46.1 Å². The Labute approximate surface area is 96.8 Å². The van der Waals surface area contributed by atoms with Crippen LogP contribution in [0, 0.1) is 16.7 Å². The summed E-state index contributed by atoms with van der Waals surface area (Å²) in [4.78, 5) is 11.4. The predicted octanol–water partition coefficient (Wildman–Crippen LogP) is 2.56. The van der Waals surface area contributed by atoms with Gasteiger partial charge in [0, 0.05) is 6.04 Å². The molecule has 0 aromatic rings. The van der Waals surface area contributed by atoms with E-state index in [2.05, 4.69) is 26.1 Å². The SMILES string of the molecule is CC12CCC(C1)C(C)(C)C2NC(=O)CCl. The smallest absolute Gasteiger partial charge is 0.235 e. The van der Waals surface area contributed by atoms with Crippen molar-refractivity contribution >= 4 is 17.5 Å². The highest BCUT2D eigenvalue weighted by Crippen LogP contribution is 2.62. The molecule has 2 rings (SSSR count). The van der Waals surface area contributed by atoms with Gasteiger partial charge in [0.2, 0.25) is 5.91 Å². The fraction of sp³-hybridized carbons (Fsp3) is 0.917. The summed E-state index contributed by atoms with van der Waals surface area (Å²) < 4.78 is 0. The molecule has 3 heteroatoms. The third-order valence-electron chi connectivity index (χ3n) is 4.70. The molecule has 0 aromatic heterocycles. The number of rotatable bonds is 2. The van der Waals surface area contributed by atoms with E-state index < -0.39 is 0 Å². The van der Waals surface area contributed by atoms with Gasteiger partial charge in [0.05, 0.1) is 0 Å². The molecule has 0 spiro atoms. The zero-order valence-corrected chi connectivity index (χ0v) is 10.5. The van der Waals surface area contributed by atoms with Gasteiger partial charge in [-0.2, -0.15) is 0 Å². The molecule has 3 atom stereocenters. The Morgan fingerprint density at radius 3 is 2.60 bits per heavy atom. The summed E-state index contributed by atoms with van der Waals surface area (Å²) in [6.45, 7) is 6.86. The second-order valence-corrected chi connectivity index (χ2v) is 6.32. The highest BCUT2D eigenvalue weighted by Gasteiger charge is 2.59. The molecule has 2 aliphatic carbocycles. The van der Waals surface area contributed by atoms with Gasteiger partial charge in [0.1, 0.15) is 5.88 Å². The van der Waals surface area contributed by atoms with Crippen LogP contribution in [-0.4, -0.2) is 17.8 Å². The monoisotopic (exact) mass is 229 g/mol. The zero-order valence-electron chi connectivity index (χ0n) is 9.77. The number of carbonyl (C=O) groups excluding carboxylic acids is 1. The molecular formula is C12H20ClNO. The number of carbonyl (C=O) groups is 1. The lowest BCUT2D eigenvalue weighted by atomic mass is 9.68. The second kappa shape index (κ2) is 3.38. The van der Waals surface area contributed by atoms with Crippen LogP contribution in [0.1, 0.15) is 40.0 Å². The van der Waals surface area contributed by atoms with Crippen molar-refractivity contribution in [1.29, 1.82) is 0 Å². The number of hydrogen-bond donors (Lipinski definition) is 1. The molecule has 15 heavy (non-hydrogen) atoms. The predicted molar refractivity (Wildman–Crippen MR) is 61.9 cm³/mol. The van der Waals surface area contributed by atoms with Gasteiger partial charge in [-0.3, -0.25) is 4.79 Å². The molecular weight excluding hydrogens is 210 g/mol. The van der Waals surface area contributed by atoms with Gasteiger partial charge < -0.3 is 5.32 Å². The van der Waals surface area contributed by atoms with Gasteiger partial charge in [0.25, 0.3) is 0 Å². The van der Waals surface area contributed by atoms with E-state index in [0.717, 1.165) is 5.92 Å². The van der Waals surface area contributed by atoms with Crippen molar-refractivity contribution in [3.05, 3.63) is 0 Å². The molecule has 0 aliphatic heterocycles. The Kier molecular flexibility index (Phi) is 2.53. The third kappa shape index (κ3) is 1.57. The van der Waals surface area contributed by atoms with Crippen LogP contribution >= 0.6 is 11.6 Å². The van der Waals surface area contributed by atoms with E-state index in [1.807, 2.05) is 0 Å². The van der Waals surface area contributed by atoms with Gasteiger partial charge in [-0.15, -0.1) is 11.6 Å². The minimum absolute atomic E-state index is 0.0245. The summed E-state index contributed by atoms with van der Waals surface area (Å²) in [7, 11) is 0. The van der Waals surface area contributed by atoms with Crippen molar-refractivity contribution < 1.29 is 4.79 Å². The minimum atomic E-state index is -0.0245. The van der Waals surface area contributed by atoms with Crippen LogP contribution < -0.4 is 5.32 Å². The van der Waals surface area contributed by atoms with Gasteiger partial charge in [-0.1, -0.05) is 20.8 Å². The van der Waals surface area contributed by atoms with Crippen molar-refractivity contribution in [1.82, 2.24) is 5.32 Å². The van der Waals surface area contributed by atoms with E-state index in [4.69, 9.17) is 11.6 Å².